The third kappa shape index (κ3) is 6.57. The summed E-state index contributed by atoms with van der Waals surface area (Å²) in [5, 5.41) is 3.09. The first-order valence-corrected chi connectivity index (χ1v) is 7.27. The van der Waals surface area contributed by atoms with Crippen LogP contribution in [0.3, 0.4) is 0 Å². The average Bonchev–Trinajstić information content (AvgIpc) is 2.39. The number of ether oxygens (including phenoxy) is 1. The molecule has 0 radical (unpaired) electrons. The van der Waals surface area contributed by atoms with Gasteiger partial charge in [-0.05, 0) is 38.6 Å². The second kappa shape index (κ2) is 8.91. The number of rotatable bonds is 7. The van der Waals surface area contributed by atoms with E-state index in [-0.39, 0.29) is 11.9 Å². The van der Waals surface area contributed by atoms with E-state index in [9.17, 15) is 9.59 Å². The number of hydrogen-bond donors (Lipinski definition) is 1. The van der Waals surface area contributed by atoms with Gasteiger partial charge in [0.15, 0.2) is 0 Å². The van der Waals surface area contributed by atoms with Gasteiger partial charge in [0.25, 0.3) is 0 Å². The van der Waals surface area contributed by atoms with Crippen LogP contribution in [-0.4, -0.2) is 49.6 Å². The Bertz CT molecular complexity index is 286. The van der Waals surface area contributed by atoms with Crippen molar-refractivity contribution in [2.24, 2.45) is 5.92 Å². The highest BCUT2D eigenvalue weighted by atomic mass is 16.5. The highest BCUT2D eigenvalue weighted by Crippen LogP contribution is 2.15. The van der Waals surface area contributed by atoms with E-state index < -0.39 is 0 Å². The van der Waals surface area contributed by atoms with Crippen LogP contribution in [0, 0.1) is 5.92 Å². The van der Waals surface area contributed by atoms with Gasteiger partial charge in [-0.2, -0.15) is 0 Å². The molecule has 5 nitrogen and oxygen atoms in total. The van der Waals surface area contributed by atoms with Crippen LogP contribution in [0.4, 0.5) is 0 Å². The number of carbonyl (C=O) groups is 2. The fourth-order valence-corrected chi connectivity index (χ4v) is 2.16. The molecule has 19 heavy (non-hydrogen) atoms. The van der Waals surface area contributed by atoms with Crippen molar-refractivity contribution < 1.29 is 14.3 Å². The summed E-state index contributed by atoms with van der Waals surface area (Å²) in [6.45, 7) is 7.27. The van der Waals surface area contributed by atoms with Crippen LogP contribution in [0.15, 0.2) is 0 Å². The summed E-state index contributed by atoms with van der Waals surface area (Å²) < 4.78 is 4.83. The van der Waals surface area contributed by atoms with Crippen LogP contribution >= 0.6 is 0 Å². The highest BCUT2D eigenvalue weighted by Gasteiger charge is 2.19. The first-order chi connectivity index (χ1) is 9.13. The summed E-state index contributed by atoms with van der Waals surface area (Å²) >= 11 is 0. The molecule has 0 unspecified atom stereocenters. The Morgan fingerprint density at radius 1 is 1.32 bits per heavy atom. The van der Waals surface area contributed by atoms with Gasteiger partial charge in [0, 0.05) is 19.5 Å². The molecule has 1 amide bonds. The second-order valence-corrected chi connectivity index (χ2v) is 5.15. The Morgan fingerprint density at radius 2 is 2.00 bits per heavy atom. The minimum atomic E-state index is -0.166. The van der Waals surface area contributed by atoms with Crippen LogP contribution in [0.25, 0.3) is 0 Å². The lowest BCUT2D eigenvalue weighted by molar-refractivity contribution is -0.143. The molecule has 0 aliphatic carbocycles. The maximum atomic E-state index is 11.9. The van der Waals surface area contributed by atoms with Crippen molar-refractivity contribution in [2.75, 3.05) is 32.8 Å². The van der Waals surface area contributed by atoms with E-state index in [1.165, 1.54) is 0 Å². The largest absolute Gasteiger partial charge is 0.466 e. The van der Waals surface area contributed by atoms with Gasteiger partial charge in [0.2, 0.25) is 5.91 Å². The molecule has 1 fully saturated rings. The van der Waals surface area contributed by atoms with Gasteiger partial charge in [0.1, 0.15) is 0 Å². The topological polar surface area (TPSA) is 58.6 Å². The number of likely N-dealkylation sites (tertiary alicyclic amines) is 1. The Morgan fingerprint density at radius 3 is 2.63 bits per heavy atom. The van der Waals surface area contributed by atoms with Crippen LogP contribution in [-0.2, 0) is 14.3 Å². The number of nitrogens with one attached hydrogen (secondary N) is 1. The number of carbonyl (C=O) groups excluding carboxylic acids is 2. The number of amides is 1. The Balaban J connectivity index is 2.03. The molecular formula is C14H26N2O3. The van der Waals surface area contributed by atoms with Crippen molar-refractivity contribution in [2.45, 2.75) is 39.5 Å². The number of esters is 1. The lowest BCUT2D eigenvalue weighted by Crippen LogP contribution is -2.42. The predicted molar refractivity (Wildman–Crippen MR) is 73.7 cm³/mol. The third-order valence-corrected chi connectivity index (χ3v) is 3.45. The number of hydrogen-bond acceptors (Lipinski definition) is 4. The molecule has 0 atom stereocenters. The van der Waals surface area contributed by atoms with E-state index in [1.54, 1.807) is 6.92 Å². The summed E-state index contributed by atoms with van der Waals surface area (Å²) in [6.07, 6.45) is 3.34. The first-order valence-electron chi connectivity index (χ1n) is 7.27. The van der Waals surface area contributed by atoms with Crippen LogP contribution in [0.5, 0.6) is 0 Å². The summed E-state index contributed by atoms with van der Waals surface area (Å²) in [6, 6.07) is 0. The minimum absolute atomic E-state index is 0.166. The smallest absolute Gasteiger partial charge is 0.305 e. The molecule has 0 aromatic carbocycles. The molecule has 1 aliphatic heterocycles. The summed E-state index contributed by atoms with van der Waals surface area (Å²) in [5.74, 6) is 0.741. The number of nitrogens with zero attached hydrogens (tertiary/aromatic N) is 1. The molecule has 0 aromatic rings. The van der Waals surface area contributed by atoms with Crippen molar-refractivity contribution in [1.29, 1.82) is 0 Å². The lowest BCUT2D eigenvalue weighted by Gasteiger charge is -2.30. The average molecular weight is 270 g/mol. The van der Waals surface area contributed by atoms with E-state index in [0.717, 1.165) is 31.8 Å². The van der Waals surface area contributed by atoms with Crippen molar-refractivity contribution in [3.05, 3.63) is 0 Å². The predicted octanol–water partition coefficient (Wildman–Crippen LogP) is 1.18. The molecule has 5 heteroatoms. The quantitative estimate of drug-likeness (QED) is 0.557. The standard InChI is InChI=1S/C14H26N2O3/c1-3-19-14(18)5-4-8-15-11-13(17)16-9-6-12(2)7-10-16/h12,15H,3-11H2,1-2H3. The molecular weight excluding hydrogens is 244 g/mol. The molecule has 1 rings (SSSR count). The SMILES string of the molecule is CCOC(=O)CCCNCC(=O)N1CCC(C)CC1. The molecule has 0 bridgehead atoms. The van der Waals surface area contributed by atoms with E-state index in [4.69, 9.17) is 4.74 Å². The lowest BCUT2D eigenvalue weighted by atomic mass is 9.99. The molecule has 0 aromatic heterocycles. The Labute approximate surface area is 115 Å². The van der Waals surface area contributed by atoms with Crippen molar-refractivity contribution >= 4 is 11.9 Å². The van der Waals surface area contributed by atoms with E-state index in [1.807, 2.05) is 4.90 Å². The normalized spacial score (nSPS) is 16.4. The highest BCUT2D eigenvalue weighted by molar-refractivity contribution is 5.78. The zero-order chi connectivity index (χ0) is 14.1. The molecule has 1 aliphatic rings. The first kappa shape index (κ1) is 16.0. The maximum absolute atomic E-state index is 11.9. The summed E-state index contributed by atoms with van der Waals surface area (Å²) in [5.41, 5.74) is 0. The van der Waals surface area contributed by atoms with Gasteiger partial charge in [-0.25, -0.2) is 0 Å². The van der Waals surface area contributed by atoms with Crippen LogP contribution in [0.2, 0.25) is 0 Å². The van der Waals surface area contributed by atoms with E-state index in [0.29, 0.717) is 32.5 Å². The van der Waals surface area contributed by atoms with Gasteiger partial charge in [-0.1, -0.05) is 6.92 Å². The fraction of sp³-hybridized carbons (Fsp3) is 0.857. The molecule has 1 N–H and O–H groups in total. The zero-order valence-electron chi connectivity index (χ0n) is 12.1. The third-order valence-electron chi connectivity index (χ3n) is 3.45. The van der Waals surface area contributed by atoms with Gasteiger partial charge < -0.3 is 15.0 Å². The summed E-state index contributed by atoms with van der Waals surface area (Å²) in [4.78, 5) is 24.9. The maximum Gasteiger partial charge on any atom is 0.305 e. The van der Waals surface area contributed by atoms with Gasteiger partial charge in [-0.3, -0.25) is 9.59 Å². The second-order valence-electron chi connectivity index (χ2n) is 5.15. The molecule has 0 saturated carbocycles. The van der Waals surface area contributed by atoms with Crippen molar-refractivity contribution in [3.8, 4) is 0 Å². The molecule has 1 heterocycles. The van der Waals surface area contributed by atoms with Crippen molar-refractivity contribution in [3.63, 3.8) is 0 Å². The van der Waals surface area contributed by atoms with Gasteiger partial charge in [-0.15, -0.1) is 0 Å². The Hall–Kier alpha value is -1.10. The van der Waals surface area contributed by atoms with E-state index >= 15 is 0 Å². The summed E-state index contributed by atoms with van der Waals surface area (Å²) in [7, 11) is 0. The molecule has 1 saturated heterocycles. The molecule has 0 spiro atoms. The minimum Gasteiger partial charge on any atom is -0.466 e. The zero-order valence-corrected chi connectivity index (χ0v) is 12.1. The van der Waals surface area contributed by atoms with E-state index in [2.05, 4.69) is 12.2 Å². The van der Waals surface area contributed by atoms with Crippen LogP contribution < -0.4 is 5.32 Å². The fourth-order valence-electron chi connectivity index (χ4n) is 2.16. The molecule has 110 valence electrons. The van der Waals surface area contributed by atoms with Gasteiger partial charge in [0.05, 0.1) is 13.2 Å². The van der Waals surface area contributed by atoms with Gasteiger partial charge >= 0.3 is 5.97 Å². The monoisotopic (exact) mass is 270 g/mol. The van der Waals surface area contributed by atoms with Crippen molar-refractivity contribution in [1.82, 2.24) is 10.2 Å². The van der Waals surface area contributed by atoms with Crippen LogP contribution in [0.1, 0.15) is 39.5 Å². The number of piperidine rings is 1. The Kier molecular flexibility index (Phi) is 7.48.